The lowest BCUT2D eigenvalue weighted by Gasteiger charge is -2.16. The number of nitrogen functional groups attached to an aromatic ring is 1. The van der Waals surface area contributed by atoms with Gasteiger partial charge in [-0.3, -0.25) is 4.57 Å². The maximum absolute atomic E-state index is 13.5. The van der Waals surface area contributed by atoms with Crippen molar-refractivity contribution in [3.8, 4) is 11.5 Å². The molecule has 0 unspecified atom stereocenters. The first-order valence-electron chi connectivity index (χ1n) is 10.7. The Bertz CT molecular complexity index is 1410. The van der Waals surface area contributed by atoms with E-state index < -0.39 is 11.4 Å². The highest BCUT2D eigenvalue weighted by Gasteiger charge is 2.15. The van der Waals surface area contributed by atoms with Crippen molar-refractivity contribution >= 4 is 11.8 Å². The smallest absolute Gasteiger partial charge is 0.355 e. The van der Waals surface area contributed by atoms with Gasteiger partial charge in [-0.25, -0.2) is 24.1 Å². The molecule has 0 atom stereocenters. The lowest BCUT2D eigenvalue weighted by Crippen LogP contribution is -2.43. The van der Waals surface area contributed by atoms with E-state index in [2.05, 4.69) is 20.3 Å². The minimum atomic E-state index is -0.670. The first-order valence-corrected chi connectivity index (χ1v) is 10.7. The van der Waals surface area contributed by atoms with E-state index in [4.69, 9.17) is 15.2 Å². The van der Waals surface area contributed by atoms with Crippen LogP contribution in [0.3, 0.4) is 0 Å². The number of anilines is 2. The van der Waals surface area contributed by atoms with E-state index in [1.165, 1.54) is 10.9 Å². The van der Waals surface area contributed by atoms with Gasteiger partial charge in [0.05, 0.1) is 27.3 Å². The molecule has 35 heavy (non-hydrogen) atoms. The molecule has 4 aromatic rings. The fourth-order valence-electron chi connectivity index (χ4n) is 3.45. The van der Waals surface area contributed by atoms with Gasteiger partial charge in [-0.2, -0.15) is 4.98 Å². The molecular formula is C24H25N7O4. The molecule has 0 amide bonds. The van der Waals surface area contributed by atoms with Gasteiger partial charge in [0, 0.05) is 18.3 Å². The van der Waals surface area contributed by atoms with Gasteiger partial charge in [0.2, 0.25) is 5.95 Å². The number of rotatable bonds is 9. The van der Waals surface area contributed by atoms with E-state index in [-0.39, 0.29) is 25.6 Å². The zero-order valence-corrected chi connectivity index (χ0v) is 19.3. The SMILES string of the molecule is COc1ccc(Cn2c(NCc3cncnc3N)nc(=O)n(Cc3ccc(OC)cc3)c2=O)cc1. The highest BCUT2D eigenvalue weighted by Crippen LogP contribution is 2.15. The van der Waals surface area contributed by atoms with Crippen LogP contribution in [0.25, 0.3) is 0 Å². The Kier molecular flexibility index (Phi) is 7.05. The first-order chi connectivity index (χ1) is 17.0. The quantitative estimate of drug-likeness (QED) is 0.369. The zero-order chi connectivity index (χ0) is 24.8. The highest BCUT2D eigenvalue weighted by molar-refractivity contribution is 5.40. The number of ether oxygens (including phenoxy) is 2. The van der Waals surface area contributed by atoms with Crippen LogP contribution in [0.2, 0.25) is 0 Å². The van der Waals surface area contributed by atoms with Gasteiger partial charge >= 0.3 is 11.4 Å². The average Bonchev–Trinajstić information content (AvgIpc) is 2.88. The van der Waals surface area contributed by atoms with Crippen LogP contribution in [-0.4, -0.2) is 38.3 Å². The van der Waals surface area contributed by atoms with Crippen LogP contribution in [0.5, 0.6) is 11.5 Å². The standard InChI is InChI=1S/C24H25N7O4/c1-34-19-7-3-16(4-8-19)13-30-22(27-12-18-11-26-15-28-21(18)25)29-23(32)31(24(30)33)14-17-5-9-20(35-2)10-6-17/h3-11,15H,12-14H2,1-2H3,(H2,25,26,28)(H,27,29,32). The van der Waals surface area contributed by atoms with Crippen molar-refractivity contribution in [2.24, 2.45) is 0 Å². The summed E-state index contributed by atoms with van der Waals surface area (Å²) in [7, 11) is 3.15. The fourth-order valence-corrected chi connectivity index (χ4v) is 3.45. The molecule has 0 spiro atoms. The highest BCUT2D eigenvalue weighted by atomic mass is 16.5. The predicted molar refractivity (Wildman–Crippen MR) is 131 cm³/mol. The molecule has 0 aliphatic heterocycles. The zero-order valence-electron chi connectivity index (χ0n) is 19.3. The van der Waals surface area contributed by atoms with E-state index in [0.29, 0.717) is 22.9 Å². The Balaban J connectivity index is 1.71. The van der Waals surface area contributed by atoms with Gasteiger partial charge in [0.15, 0.2) is 0 Å². The Hall–Kier alpha value is -4.67. The molecule has 0 bridgehead atoms. The van der Waals surface area contributed by atoms with Gasteiger partial charge in [-0.05, 0) is 35.4 Å². The van der Waals surface area contributed by atoms with Crippen molar-refractivity contribution in [2.45, 2.75) is 19.6 Å². The molecule has 11 heteroatoms. The Morgan fingerprint density at radius 3 is 2.00 bits per heavy atom. The van der Waals surface area contributed by atoms with Gasteiger partial charge in [0.25, 0.3) is 0 Å². The minimum Gasteiger partial charge on any atom is -0.497 e. The van der Waals surface area contributed by atoms with Gasteiger partial charge < -0.3 is 20.5 Å². The van der Waals surface area contributed by atoms with Gasteiger partial charge in [0.1, 0.15) is 23.6 Å². The summed E-state index contributed by atoms with van der Waals surface area (Å²) >= 11 is 0. The molecule has 0 fully saturated rings. The fraction of sp³-hybridized carbons (Fsp3) is 0.208. The van der Waals surface area contributed by atoms with Crippen LogP contribution in [-0.2, 0) is 19.6 Å². The Morgan fingerprint density at radius 2 is 1.46 bits per heavy atom. The summed E-state index contributed by atoms with van der Waals surface area (Å²) in [6, 6.07) is 14.4. The summed E-state index contributed by atoms with van der Waals surface area (Å²) in [5.41, 5.74) is 6.93. The molecule has 0 aliphatic carbocycles. The third kappa shape index (κ3) is 5.46. The Labute approximate surface area is 200 Å². The van der Waals surface area contributed by atoms with Crippen LogP contribution in [0.15, 0.2) is 70.6 Å². The third-order valence-electron chi connectivity index (χ3n) is 5.41. The molecule has 2 heterocycles. The normalized spacial score (nSPS) is 10.7. The predicted octanol–water partition coefficient (Wildman–Crippen LogP) is 1.50. The number of benzene rings is 2. The monoisotopic (exact) mass is 475 g/mol. The number of hydrogen-bond donors (Lipinski definition) is 2. The number of nitrogens with two attached hydrogens (primary N) is 1. The molecule has 2 aromatic carbocycles. The second kappa shape index (κ2) is 10.5. The summed E-state index contributed by atoms with van der Waals surface area (Å²) in [4.78, 5) is 38.4. The number of aromatic nitrogens is 5. The summed E-state index contributed by atoms with van der Waals surface area (Å²) < 4.78 is 12.9. The van der Waals surface area contributed by atoms with Crippen LogP contribution in [0, 0.1) is 0 Å². The maximum atomic E-state index is 13.5. The molecule has 180 valence electrons. The van der Waals surface area contributed by atoms with E-state index in [9.17, 15) is 9.59 Å². The maximum Gasteiger partial charge on any atom is 0.355 e. The summed E-state index contributed by atoms with van der Waals surface area (Å²) in [6.07, 6.45) is 2.91. The van der Waals surface area contributed by atoms with E-state index in [1.807, 2.05) is 12.1 Å². The molecule has 0 saturated heterocycles. The van der Waals surface area contributed by atoms with Crippen LogP contribution in [0.4, 0.5) is 11.8 Å². The first kappa shape index (κ1) is 23.5. The van der Waals surface area contributed by atoms with Crippen LogP contribution < -0.4 is 31.9 Å². The molecule has 11 nitrogen and oxygen atoms in total. The Morgan fingerprint density at radius 1 is 0.886 bits per heavy atom. The molecule has 0 radical (unpaired) electrons. The van der Waals surface area contributed by atoms with Crippen molar-refractivity contribution in [2.75, 3.05) is 25.3 Å². The second-order valence-corrected chi connectivity index (χ2v) is 7.66. The number of nitrogens with zero attached hydrogens (tertiary/aromatic N) is 5. The van der Waals surface area contributed by atoms with Crippen molar-refractivity contribution < 1.29 is 9.47 Å². The molecule has 4 rings (SSSR count). The van der Waals surface area contributed by atoms with Crippen LogP contribution in [0.1, 0.15) is 16.7 Å². The number of methoxy groups -OCH3 is 2. The molecule has 0 aliphatic rings. The number of nitrogens with one attached hydrogen (secondary N) is 1. The van der Waals surface area contributed by atoms with Gasteiger partial charge in [-0.15, -0.1) is 0 Å². The largest absolute Gasteiger partial charge is 0.497 e. The average molecular weight is 476 g/mol. The van der Waals surface area contributed by atoms with Crippen molar-refractivity contribution in [1.82, 2.24) is 24.1 Å². The summed E-state index contributed by atoms with van der Waals surface area (Å²) in [5, 5.41) is 3.04. The van der Waals surface area contributed by atoms with E-state index in [1.54, 1.807) is 56.8 Å². The molecule has 3 N–H and O–H groups in total. The second-order valence-electron chi connectivity index (χ2n) is 7.66. The van der Waals surface area contributed by atoms with E-state index >= 15 is 0 Å². The molecular weight excluding hydrogens is 450 g/mol. The topological polar surface area (TPSA) is 139 Å². The lowest BCUT2D eigenvalue weighted by atomic mass is 10.2. The van der Waals surface area contributed by atoms with Gasteiger partial charge in [-0.1, -0.05) is 24.3 Å². The van der Waals surface area contributed by atoms with Crippen LogP contribution >= 0.6 is 0 Å². The van der Waals surface area contributed by atoms with Crippen molar-refractivity contribution in [1.29, 1.82) is 0 Å². The summed E-state index contributed by atoms with van der Waals surface area (Å²) in [6.45, 7) is 0.433. The third-order valence-corrected chi connectivity index (χ3v) is 5.41. The molecule has 2 aromatic heterocycles. The van der Waals surface area contributed by atoms with E-state index in [0.717, 1.165) is 15.7 Å². The summed E-state index contributed by atoms with van der Waals surface area (Å²) in [5.74, 6) is 1.79. The minimum absolute atomic E-state index is 0.0665. The molecule has 0 saturated carbocycles. The number of hydrogen-bond acceptors (Lipinski definition) is 9. The van der Waals surface area contributed by atoms with Crippen molar-refractivity contribution in [3.63, 3.8) is 0 Å². The lowest BCUT2D eigenvalue weighted by molar-refractivity contribution is 0.414. The van der Waals surface area contributed by atoms with Crippen molar-refractivity contribution in [3.05, 3.63) is 98.7 Å².